The Morgan fingerprint density at radius 1 is 0.562 bits per heavy atom. The van der Waals surface area contributed by atoms with E-state index in [9.17, 15) is 0 Å². The average Bonchev–Trinajstić information content (AvgIpc) is 2.22. The van der Waals surface area contributed by atoms with Crippen LogP contribution in [0.4, 0.5) is 0 Å². The highest BCUT2D eigenvalue weighted by Crippen LogP contribution is 2.44. The Bertz CT molecular complexity index is 590. The highest BCUT2D eigenvalue weighted by molar-refractivity contribution is 6.55. The first-order valence-corrected chi connectivity index (χ1v) is 6.31. The minimum atomic E-state index is 0.232. The van der Waals surface area contributed by atoms with Crippen LogP contribution < -0.4 is 0 Å². The summed E-state index contributed by atoms with van der Waals surface area (Å²) in [4.78, 5) is 0. The topological polar surface area (TPSA) is 0 Å². The Kier molecular flexibility index (Phi) is 3.71. The number of benzene rings is 2. The van der Waals surface area contributed by atoms with Gasteiger partial charge in [-0.25, -0.2) is 0 Å². The van der Waals surface area contributed by atoms with Crippen LogP contribution in [0.15, 0.2) is 12.1 Å². The van der Waals surface area contributed by atoms with Crippen LogP contribution in [0, 0.1) is 0 Å². The maximum atomic E-state index is 6.06. The standard InChI is InChI=1S/C10H2Cl6/c11-4-2-6(13)8(14)7-3(4)1-5(12)9(15)10(7)16/h1-2H. The van der Waals surface area contributed by atoms with Gasteiger partial charge in [-0.1, -0.05) is 69.6 Å². The molecule has 0 bridgehead atoms. The van der Waals surface area contributed by atoms with Gasteiger partial charge in [-0.15, -0.1) is 0 Å². The first kappa shape index (κ1) is 12.9. The van der Waals surface area contributed by atoms with Crippen LogP contribution in [-0.2, 0) is 0 Å². The molecule has 0 aromatic heterocycles. The maximum absolute atomic E-state index is 6.06. The first-order chi connectivity index (χ1) is 7.43. The predicted octanol–water partition coefficient (Wildman–Crippen LogP) is 6.76. The quantitative estimate of drug-likeness (QED) is 0.369. The number of rotatable bonds is 0. The van der Waals surface area contributed by atoms with Crippen LogP contribution in [-0.4, -0.2) is 0 Å². The van der Waals surface area contributed by atoms with Gasteiger partial charge in [0.15, 0.2) is 0 Å². The van der Waals surface area contributed by atoms with Crippen LogP contribution in [0.25, 0.3) is 10.8 Å². The van der Waals surface area contributed by atoms with E-state index in [4.69, 9.17) is 69.6 Å². The lowest BCUT2D eigenvalue weighted by Crippen LogP contribution is -1.83. The van der Waals surface area contributed by atoms with Gasteiger partial charge in [0.2, 0.25) is 0 Å². The molecule has 0 heterocycles. The van der Waals surface area contributed by atoms with Gasteiger partial charge in [-0.05, 0) is 12.1 Å². The zero-order valence-electron chi connectivity index (χ0n) is 7.42. The van der Waals surface area contributed by atoms with Crippen molar-refractivity contribution in [2.45, 2.75) is 0 Å². The molecule has 6 heteroatoms. The third-order valence-corrected chi connectivity index (χ3v) is 4.46. The lowest BCUT2D eigenvalue weighted by Gasteiger charge is -2.09. The van der Waals surface area contributed by atoms with E-state index in [-0.39, 0.29) is 10.0 Å². The monoisotopic (exact) mass is 332 g/mol. The van der Waals surface area contributed by atoms with E-state index in [1.807, 2.05) is 0 Å². The van der Waals surface area contributed by atoms with E-state index >= 15 is 0 Å². The molecule has 2 aromatic carbocycles. The third-order valence-electron chi connectivity index (χ3n) is 2.10. The number of halogens is 6. The summed E-state index contributed by atoms with van der Waals surface area (Å²) in [6.45, 7) is 0. The van der Waals surface area contributed by atoms with E-state index in [1.54, 1.807) is 6.07 Å². The Balaban J connectivity index is 3.07. The Labute approximate surface area is 122 Å². The fourth-order valence-electron chi connectivity index (χ4n) is 1.37. The molecule has 0 atom stereocenters. The van der Waals surface area contributed by atoms with E-state index in [0.717, 1.165) is 0 Å². The molecule has 2 rings (SSSR count). The van der Waals surface area contributed by atoms with Crippen LogP contribution >= 0.6 is 69.6 Å². The van der Waals surface area contributed by atoms with E-state index in [1.165, 1.54) is 6.07 Å². The fourth-order valence-corrected chi connectivity index (χ4v) is 2.89. The molecule has 0 unspecified atom stereocenters. The van der Waals surface area contributed by atoms with Gasteiger partial charge in [0.25, 0.3) is 0 Å². The van der Waals surface area contributed by atoms with Gasteiger partial charge in [0.1, 0.15) is 0 Å². The second-order valence-corrected chi connectivity index (χ2v) is 5.42. The second kappa shape index (κ2) is 4.61. The van der Waals surface area contributed by atoms with Crippen molar-refractivity contribution in [3.63, 3.8) is 0 Å². The first-order valence-electron chi connectivity index (χ1n) is 4.04. The van der Waals surface area contributed by atoms with Gasteiger partial charge in [-0.2, -0.15) is 0 Å². The lowest BCUT2D eigenvalue weighted by atomic mass is 10.1. The van der Waals surface area contributed by atoms with Crippen LogP contribution in [0.2, 0.25) is 30.1 Å². The molecule has 84 valence electrons. The summed E-state index contributed by atoms with van der Waals surface area (Å²) in [6, 6.07) is 3.14. The molecule has 2 aromatic rings. The van der Waals surface area contributed by atoms with Crippen molar-refractivity contribution in [1.29, 1.82) is 0 Å². The van der Waals surface area contributed by atoms with Gasteiger partial charge >= 0.3 is 0 Å². The number of fused-ring (bicyclic) bond motifs is 1. The summed E-state index contributed by atoms with van der Waals surface area (Å²) >= 11 is 35.9. The van der Waals surface area contributed by atoms with Gasteiger partial charge in [0, 0.05) is 10.8 Å². The number of hydrogen-bond donors (Lipinski definition) is 0. The Morgan fingerprint density at radius 3 is 1.75 bits per heavy atom. The SMILES string of the molecule is Clc1cc2c(Cl)cc(Cl)c(Cl)c2c(Cl)c1Cl. The highest BCUT2D eigenvalue weighted by Gasteiger charge is 2.16. The molecule has 0 aliphatic heterocycles. The molecule has 0 fully saturated rings. The molecule has 0 amide bonds. The highest BCUT2D eigenvalue weighted by atomic mass is 35.5. The zero-order valence-corrected chi connectivity index (χ0v) is 12.0. The van der Waals surface area contributed by atoms with E-state index in [2.05, 4.69) is 0 Å². The molecule has 0 saturated heterocycles. The summed E-state index contributed by atoms with van der Waals surface area (Å²) < 4.78 is 0. The molecule has 0 radical (unpaired) electrons. The van der Waals surface area contributed by atoms with Crippen LogP contribution in [0.5, 0.6) is 0 Å². The minimum Gasteiger partial charge on any atom is -0.0836 e. The van der Waals surface area contributed by atoms with E-state index in [0.29, 0.717) is 30.9 Å². The average molecular weight is 335 g/mol. The summed E-state index contributed by atoms with van der Waals surface area (Å²) in [5, 5.41) is 2.98. The summed E-state index contributed by atoms with van der Waals surface area (Å²) in [6.07, 6.45) is 0. The molecule has 16 heavy (non-hydrogen) atoms. The maximum Gasteiger partial charge on any atom is 0.0785 e. The van der Waals surface area contributed by atoms with Crippen LogP contribution in [0.3, 0.4) is 0 Å². The number of hydrogen-bond acceptors (Lipinski definition) is 0. The summed E-state index contributed by atoms with van der Waals surface area (Å²) in [5.41, 5.74) is 0. The second-order valence-electron chi connectivity index (χ2n) is 3.06. The Morgan fingerprint density at radius 2 is 1.12 bits per heavy atom. The summed E-state index contributed by atoms with van der Waals surface area (Å²) in [5.74, 6) is 0. The van der Waals surface area contributed by atoms with Gasteiger partial charge in [-0.3, -0.25) is 0 Å². The lowest BCUT2D eigenvalue weighted by molar-refractivity contribution is 1.73. The van der Waals surface area contributed by atoms with Crippen molar-refractivity contribution in [3.8, 4) is 0 Å². The van der Waals surface area contributed by atoms with Crippen molar-refractivity contribution in [1.82, 2.24) is 0 Å². The molecule has 0 N–H and O–H groups in total. The molecule has 0 aliphatic rings. The van der Waals surface area contributed by atoms with Gasteiger partial charge < -0.3 is 0 Å². The van der Waals surface area contributed by atoms with E-state index < -0.39 is 0 Å². The van der Waals surface area contributed by atoms with Crippen molar-refractivity contribution < 1.29 is 0 Å². The van der Waals surface area contributed by atoms with Crippen molar-refractivity contribution in [2.24, 2.45) is 0 Å². The molecular weight excluding hydrogens is 333 g/mol. The molecular formula is C10H2Cl6. The molecule has 0 saturated carbocycles. The van der Waals surface area contributed by atoms with Crippen LogP contribution in [0.1, 0.15) is 0 Å². The van der Waals surface area contributed by atoms with Crippen molar-refractivity contribution in [3.05, 3.63) is 42.3 Å². The zero-order chi connectivity index (χ0) is 12.0. The fraction of sp³-hybridized carbons (Fsp3) is 0. The molecule has 0 spiro atoms. The third kappa shape index (κ3) is 1.96. The summed E-state index contributed by atoms with van der Waals surface area (Å²) in [7, 11) is 0. The minimum absolute atomic E-state index is 0.232. The largest absolute Gasteiger partial charge is 0.0836 e. The van der Waals surface area contributed by atoms with Crippen molar-refractivity contribution in [2.75, 3.05) is 0 Å². The molecule has 0 aliphatic carbocycles. The van der Waals surface area contributed by atoms with Crippen molar-refractivity contribution >= 4 is 80.4 Å². The van der Waals surface area contributed by atoms with Gasteiger partial charge in [0.05, 0.1) is 30.1 Å². The molecule has 0 nitrogen and oxygen atoms in total. The predicted molar refractivity (Wildman–Crippen MR) is 74.0 cm³/mol. The Hall–Kier alpha value is 0.440. The normalized spacial score (nSPS) is 11.1. The smallest absolute Gasteiger partial charge is 0.0785 e.